The molecule has 4 rings (SSSR count). The number of rotatable bonds is 9. The number of carboxylic acid groups (broad SMARTS) is 1. The van der Waals surface area contributed by atoms with Crippen LogP contribution in [0.5, 0.6) is 0 Å². The highest BCUT2D eigenvalue weighted by Crippen LogP contribution is 2.50. The molecule has 0 amide bonds. The van der Waals surface area contributed by atoms with Gasteiger partial charge in [0.1, 0.15) is 5.92 Å². The molecule has 3 unspecified atom stereocenters. The van der Waals surface area contributed by atoms with E-state index in [1.54, 1.807) is 14.2 Å². The molecule has 2 aromatic rings. The van der Waals surface area contributed by atoms with Crippen LogP contribution in [0.1, 0.15) is 54.2 Å². The predicted molar refractivity (Wildman–Crippen MR) is 129 cm³/mol. The molecule has 0 heterocycles. The van der Waals surface area contributed by atoms with Crippen molar-refractivity contribution in [3.8, 4) is 11.1 Å². The number of ether oxygens (including phenoxy) is 2. The molecule has 1 saturated carbocycles. The fourth-order valence-electron chi connectivity index (χ4n) is 5.64. The number of carbonyl (C=O) groups is 1. The molecule has 32 heavy (non-hydrogen) atoms. The molecule has 1 fully saturated rings. The molecule has 3 atom stereocenters. The van der Waals surface area contributed by atoms with Crippen molar-refractivity contribution < 1.29 is 19.4 Å². The van der Waals surface area contributed by atoms with Crippen LogP contribution >= 0.6 is 12.4 Å². The topological polar surface area (TPSA) is 59.0 Å². The quantitative estimate of drug-likeness (QED) is 0.576. The number of carboxylic acids is 1. The number of halogens is 1. The standard InChI is InChI=1S/C26H33NO4.ClH/c1-30-16-14-27(15-17-31-2)23-13-6-5-9-19(23)22-12-7-11-20-18-8-3-4-10-21(18)25(24(20)22)26(28)29;/h3-4,7-8,10-12,19,23,25H,5-6,9,13-17H2,1-2H3,(H,28,29);1H. The van der Waals surface area contributed by atoms with E-state index in [1.807, 2.05) is 18.2 Å². The van der Waals surface area contributed by atoms with Crippen LogP contribution in [0.15, 0.2) is 42.5 Å². The minimum atomic E-state index is -0.762. The largest absolute Gasteiger partial charge is 0.481 e. The summed E-state index contributed by atoms with van der Waals surface area (Å²) < 4.78 is 10.8. The van der Waals surface area contributed by atoms with E-state index < -0.39 is 11.9 Å². The second-order valence-electron chi connectivity index (χ2n) is 8.65. The SMILES string of the molecule is COCCN(CCOC)C1CCCCC1c1cccc2c1C(C(=O)O)c1ccccc1-2.Cl. The van der Waals surface area contributed by atoms with Crippen LogP contribution < -0.4 is 0 Å². The van der Waals surface area contributed by atoms with Gasteiger partial charge in [-0.15, -0.1) is 12.4 Å². The summed E-state index contributed by atoms with van der Waals surface area (Å²) in [4.78, 5) is 14.9. The highest BCUT2D eigenvalue weighted by Gasteiger charge is 2.40. The summed E-state index contributed by atoms with van der Waals surface area (Å²) in [5.41, 5.74) is 5.29. The van der Waals surface area contributed by atoms with E-state index in [4.69, 9.17) is 9.47 Å². The predicted octanol–water partition coefficient (Wildman–Crippen LogP) is 4.93. The fraction of sp³-hybridized carbons (Fsp3) is 0.500. The van der Waals surface area contributed by atoms with Crippen LogP contribution in [-0.4, -0.2) is 62.5 Å². The average Bonchev–Trinajstić information content (AvgIpc) is 3.14. The van der Waals surface area contributed by atoms with Crippen molar-refractivity contribution in [1.82, 2.24) is 4.90 Å². The molecule has 2 aliphatic rings. The van der Waals surface area contributed by atoms with Gasteiger partial charge >= 0.3 is 5.97 Å². The molecule has 0 aliphatic heterocycles. The lowest BCUT2D eigenvalue weighted by Gasteiger charge is -2.41. The number of aliphatic carboxylic acids is 1. The number of methoxy groups -OCH3 is 2. The first-order valence-corrected chi connectivity index (χ1v) is 11.3. The number of hydrogen-bond acceptors (Lipinski definition) is 4. The summed E-state index contributed by atoms with van der Waals surface area (Å²) in [6, 6.07) is 14.7. The van der Waals surface area contributed by atoms with E-state index >= 15 is 0 Å². The first-order chi connectivity index (χ1) is 15.2. The van der Waals surface area contributed by atoms with Gasteiger partial charge in [-0.05, 0) is 46.6 Å². The zero-order valence-corrected chi connectivity index (χ0v) is 19.8. The summed E-state index contributed by atoms with van der Waals surface area (Å²) >= 11 is 0. The first-order valence-electron chi connectivity index (χ1n) is 11.3. The van der Waals surface area contributed by atoms with Gasteiger partial charge in [0.05, 0.1) is 13.2 Å². The van der Waals surface area contributed by atoms with Crippen molar-refractivity contribution in [2.75, 3.05) is 40.5 Å². The number of fused-ring (bicyclic) bond motifs is 3. The lowest BCUT2D eigenvalue weighted by atomic mass is 9.75. The van der Waals surface area contributed by atoms with Gasteiger partial charge in [0, 0.05) is 33.4 Å². The third-order valence-corrected chi connectivity index (χ3v) is 7.00. The molecule has 2 aliphatic carbocycles. The first kappa shape index (κ1) is 24.7. The maximum Gasteiger partial charge on any atom is 0.315 e. The Balaban J connectivity index is 0.00000289. The van der Waals surface area contributed by atoms with Crippen LogP contribution in [0.3, 0.4) is 0 Å². The number of hydrogen-bond donors (Lipinski definition) is 1. The maximum atomic E-state index is 12.4. The summed E-state index contributed by atoms with van der Waals surface area (Å²) in [6.45, 7) is 3.09. The Morgan fingerprint density at radius 3 is 2.25 bits per heavy atom. The van der Waals surface area contributed by atoms with Crippen molar-refractivity contribution in [3.63, 3.8) is 0 Å². The average molecular weight is 460 g/mol. The second kappa shape index (κ2) is 11.3. The van der Waals surface area contributed by atoms with E-state index in [1.165, 1.54) is 18.4 Å². The molecule has 174 valence electrons. The van der Waals surface area contributed by atoms with E-state index in [2.05, 4.69) is 29.2 Å². The minimum absolute atomic E-state index is 0. The van der Waals surface area contributed by atoms with Gasteiger partial charge in [-0.3, -0.25) is 9.69 Å². The summed E-state index contributed by atoms with van der Waals surface area (Å²) in [7, 11) is 3.48. The van der Waals surface area contributed by atoms with Crippen LogP contribution in [0.4, 0.5) is 0 Å². The van der Waals surface area contributed by atoms with Gasteiger partial charge in [0.2, 0.25) is 0 Å². The van der Waals surface area contributed by atoms with Crippen molar-refractivity contribution in [2.45, 2.75) is 43.6 Å². The Bertz CT molecular complexity index is 910. The molecule has 0 spiro atoms. The number of benzene rings is 2. The fourth-order valence-corrected chi connectivity index (χ4v) is 5.64. The van der Waals surface area contributed by atoms with Gasteiger partial charge in [0.15, 0.2) is 0 Å². The monoisotopic (exact) mass is 459 g/mol. The summed E-state index contributed by atoms with van der Waals surface area (Å²) in [6.07, 6.45) is 4.58. The zero-order chi connectivity index (χ0) is 21.8. The highest BCUT2D eigenvalue weighted by molar-refractivity contribution is 5.93. The molecule has 2 aromatic carbocycles. The molecule has 6 heteroatoms. The molecule has 0 radical (unpaired) electrons. The van der Waals surface area contributed by atoms with Crippen molar-refractivity contribution >= 4 is 18.4 Å². The third-order valence-electron chi connectivity index (χ3n) is 7.00. The smallest absolute Gasteiger partial charge is 0.315 e. The Hall–Kier alpha value is -1.92. The van der Waals surface area contributed by atoms with Crippen LogP contribution in [0.25, 0.3) is 11.1 Å². The number of nitrogens with zero attached hydrogens (tertiary/aromatic N) is 1. The molecule has 0 bridgehead atoms. The Morgan fingerprint density at radius 1 is 0.938 bits per heavy atom. The lowest BCUT2D eigenvalue weighted by molar-refractivity contribution is -0.137. The third kappa shape index (κ3) is 4.72. The minimum Gasteiger partial charge on any atom is -0.481 e. The molecule has 1 N–H and O–H groups in total. The molecule has 5 nitrogen and oxygen atoms in total. The van der Waals surface area contributed by atoms with Crippen molar-refractivity contribution in [3.05, 3.63) is 59.2 Å². The van der Waals surface area contributed by atoms with Gasteiger partial charge < -0.3 is 14.6 Å². The molecular formula is C26H34ClNO4. The molecule has 0 saturated heterocycles. The Kier molecular flexibility index (Phi) is 8.72. The van der Waals surface area contributed by atoms with Crippen molar-refractivity contribution in [2.24, 2.45) is 0 Å². The maximum absolute atomic E-state index is 12.4. The van der Waals surface area contributed by atoms with Gasteiger partial charge in [-0.25, -0.2) is 0 Å². The van der Waals surface area contributed by atoms with Crippen LogP contribution in [0.2, 0.25) is 0 Å². The van der Waals surface area contributed by atoms with Gasteiger partial charge in [0.25, 0.3) is 0 Å². The van der Waals surface area contributed by atoms with Crippen molar-refractivity contribution in [1.29, 1.82) is 0 Å². The van der Waals surface area contributed by atoms with E-state index in [9.17, 15) is 9.90 Å². The van der Waals surface area contributed by atoms with E-state index in [0.29, 0.717) is 25.2 Å². The summed E-state index contributed by atoms with van der Waals surface area (Å²) in [5.74, 6) is -1.04. The molecule has 0 aromatic heterocycles. The highest BCUT2D eigenvalue weighted by atomic mass is 35.5. The lowest BCUT2D eigenvalue weighted by Crippen LogP contribution is -2.45. The van der Waals surface area contributed by atoms with Gasteiger partial charge in [-0.1, -0.05) is 55.3 Å². The van der Waals surface area contributed by atoms with Gasteiger partial charge in [-0.2, -0.15) is 0 Å². The normalized spacial score (nSPS) is 21.7. The summed E-state index contributed by atoms with van der Waals surface area (Å²) in [5, 5.41) is 10.2. The van der Waals surface area contributed by atoms with E-state index in [-0.39, 0.29) is 12.4 Å². The second-order valence-corrected chi connectivity index (χ2v) is 8.65. The Morgan fingerprint density at radius 2 is 1.56 bits per heavy atom. The zero-order valence-electron chi connectivity index (χ0n) is 19.0. The van der Waals surface area contributed by atoms with E-state index in [0.717, 1.165) is 48.2 Å². The van der Waals surface area contributed by atoms with Crippen LogP contribution in [-0.2, 0) is 14.3 Å². The Labute approximate surface area is 197 Å². The van der Waals surface area contributed by atoms with Crippen LogP contribution in [0, 0.1) is 0 Å². The molecular weight excluding hydrogens is 426 g/mol.